The van der Waals surface area contributed by atoms with E-state index in [1.807, 2.05) is 24.3 Å². The molecule has 10 heteroatoms. The Morgan fingerprint density at radius 3 is 3.04 bits per heavy atom. The molecule has 144 valence electrons. The number of nitriles is 1. The number of halogens is 2. The van der Waals surface area contributed by atoms with Crippen molar-refractivity contribution in [3.05, 3.63) is 40.5 Å². The van der Waals surface area contributed by atoms with Crippen molar-refractivity contribution in [1.29, 1.82) is 5.26 Å². The molecule has 0 spiro atoms. The number of alkyl halides is 2. The predicted molar refractivity (Wildman–Crippen MR) is 99.0 cm³/mol. The first-order valence-electron chi connectivity index (χ1n) is 8.68. The molecule has 3 aromatic rings. The summed E-state index contributed by atoms with van der Waals surface area (Å²) < 4.78 is 30.0. The molecule has 3 N–H and O–H groups in total. The van der Waals surface area contributed by atoms with Gasteiger partial charge in [-0.1, -0.05) is 17.4 Å². The number of thiazole rings is 1. The fourth-order valence-electron chi connectivity index (χ4n) is 3.42. The first kappa shape index (κ1) is 18.5. The minimum absolute atomic E-state index is 0.0598. The van der Waals surface area contributed by atoms with E-state index in [4.69, 9.17) is 5.73 Å². The SMILES string of the molecule is N#Cc1sc(C(=O)NC2C(N)CCCC2(F)F)nc1-c1cnn2ccccc12. The summed E-state index contributed by atoms with van der Waals surface area (Å²) in [4.78, 5) is 17.0. The van der Waals surface area contributed by atoms with Gasteiger partial charge in [-0.25, -0.2) is 18.3 Å². The highest BCUT2D eigenvalue weighted by atomic mass is 32.1. The van der Waals surface area contributed by atoms with Crippen LogP contribution in [0.25, 0.3) is 16.8 Å². The van der Waals surface area contributed by atoms with Crippen LogP contribution in [0.15, 0.2) is 30.6 Å². The Labute approximate surface area is 162 Å². The highest BCUT2D eigenvalue weighted by Gasteiger charge is 2.46. The summed E-state index contributed by atoms with van der Waals surface area (Å²) in [6.45, 7) is 0. The maximum atomic E-state index is 14.2. The number of rotatable bonds is 3. The van der Waals surface area contributed by atoms with Crippen LogP contribution in [0.1, 0.15) is 33.9 Å². The van der Waals surface area contributed by atoms with Crippen molar-refractivity contribution < 1.29 is 13.6 Å². The summed E-state index contributed by atoms with van der Waals surface area (Å²) in [5.41, 5.74) is 7.42. The molecule has 0 aromatic carbocycles. The van der Waals surface area contributed by atoms with E-state index in [9.17, 15) is 18.8 Å². The van der Waals surface area contributed by atoms with Gasteiger partial charge in [0.15, 0.2) is 5.01 Å². The Kier molecular flexibility index (Phi) is 4.56. The van der Waals surface area contributed by atoms with Crippen LogP contribution in [-0.4, -0.2) is 38.5 Å². The van der Waals surface area contributed by atoms with Crippen molar-refractivity contribution in [2.45, 2.75) is 37.3 Å². The van der Waals surface area contributed by atoms with Crippen LogP contribution in [-0.2, 0) is 0 Å². The highest BCUT2D eigenvalue weighted by Crippen LogP contribution is 2.34. The van der Waals surface area contributed by atoms with Gasteiger partial charge in [-0.3, -0.25) is 4.79 Å². The Morgan fingerprint density at radius 1 is 1.46 bits per heavy atom. The van der Waals surface area contributed by atoms with E-state index in [1.54, 1.807) is 16.9 Å². The largest absolute Gasteiger partial charge is 0.340 e. The lowest BCUT2D eigenvalue weighted by Crippen LogP contribution is -2.59. The molecule has 0 radical (unpaired) electrons. The Bertz CT molecular complexity index is 1090. The van der Waals surface area contributed by atoms with E-state index < -0.39 is 23.9 Å². The molecule has 0 aliphatic heterocycles. The molecule has 7 nitrogen and oxygen atoms in total. The van der Waals surface area contributed by atoms with Crippen molar-refractivity contribution in [2.24, 2.45) is 5.73 Å². The molecule has 3 aromatic heterocycles. The smallest absolute Gasteiger partial charge is 0.280 e. The minimum atomic E-state index is -3.08. The second-order valence-corrected chi connectivity index (χ2v) is 7.66. The average Bonchev–Trinajstić information content (AvgIpc) is 3.28. The van der Waals surface area contributed by atoms with Gasteiger partial charge in [-0.05, 0) is 25.0 Å². The third kappa shape index (κ3) is 3.12. The monoisotopic (exact) mass is 402 g/mol. The zero-order chi connectivity index (χ0) is 19.9. The second kappa shape index (κ2) is 6.92. The van der Waals surface area contributed by atoms with E-state index >= 15 is 0 Å². The van der Waals surface area contributed by atoms with Crippen LogP contribution in [0.5, 0.6) is 0 Å². The van der Waals surface area contributed by atoms with Crippen LogP contribution >= 0.6 is 11.3 Å². The van der Waals surface area contributed by atoms with E-state index in [2.05, 4.69) is 15.4 Å². The first-order chi connectivity index (χ1) is 13.4. The lowest BCUT2D eigenvalue weighted by Gasteiger charge is -2.36. The molecule has 1 saturated carbocycles. The fourth-order valence-corrected chi connectivity index (χ4v) is 4.20. The molecular weight excluding hydrogens is 386 g/mol. The maximum Gasteiger partial charge on any atom is 0.280 e. The van der Waals surface area contributed by atoms with E-state index in [1.165, 1.54) is 0 Å². The molecule has 4 rings (SSSR count). The number of amides is 1. The van der Waals surface area contributed by atoms with Crippen LogP contribution in [0.4, 0.5) is 8.78 Å². The lowest BCUT2D eigenvalue weighted by atomic mass is 9.87. The van der Waals surface area contributed by atoms with Gasteiger partial charge in [0.2, 0.25) is 0 Å². The lowest BCUT2D eigenvalue weighted by molar-refractivity contribution is -0.0674. The standard InChI is InChI=1S/C18H16F2N6OS/c19-18(20)6-3-4-11(22)15(18)25-16(27)17-24-14(13(8-21)28-17)10-9-23-26-7-2-1-5-12(10)26/h1-2,5,7,9,11,15H,3-4,6,22H2,(H,25,27). The van der Waals surface area contributed by atoms with Gasteiger partial charge in [0.1, 0.15) is 22.7 Å². The zero-order valence-electron chi connectivity index (χ0n) is 14.6. The van der Waals surface area contributed by atoms with Gasteiger partial charge in [-0.2, -0.15) is 10.4 Å². The molecule has 1 aliphatic rings. The molecule has 2 unspecified atom stereocenters. The second-order valence-electron chi connectivity index (χ2n) is 6.67. The van der Waals surface area contributed by atoms with E-state index in [-0.39, 0.29) is 16.3 Å². The third-order valence-electron chi connectivity index (χ3n) is 4.82. The normalized spacial score (nSPS) is 21.4. The predicted octanol–water partition coefficient (Wildman–Crippen LogP) is 2.57. The summed E-state index contributed by atoms with van der Waals surface area (Å²) in [6, 6.07) is 5.17. The molecule has 3 heterocycles. The van der Waals surface area contributed by atoms with Crippen molar-refractivity contribution in [2.75, 3.05) is 0 Å². The van der Waals surface area contributed by atoms with Crippen molar-refractivity contribution in [3.63, 3.8) is 0 Å². The Balaban J connectivity index is 1.66. The minimum Gasteiger partial charge on any atom is -0.340 e. The van der Waals surface area contributed by atoms with Gasteiger partial charge in [0, 0.05) is 24.2 Å². The Hall–Kier alpha value is -2.90. The van der Waals surface area contributed by atoms with E-state index in [0.717, 1.165) is 16.9 Å². The molecule has 28 heavy (non-hydrogen) atoms. The number of nitrogens with zero attached hydrogens (tertiary/aromatic N) is 4. The van der Waals surface area contributed by atoms with Crippen molar-refractivity contribution in [1.82, 2.24) is 19.9 Å². The summed E-state index contributed by atoms with van der Waals surface area (Å²) in [6.07, 6.45) is 3.71. The molecule has 0 bridgehead atoms. The van der Waals surface area contributed by atoms with Gasteiger partial charge >= 0.3 is 0 Å². The van der Waals surface area contributed by atoms with Gasteiger partial charge in [0.05, 0.1) is 11.7 Å². The van der Waals surface area contributed by atoms with Crippen molar-refractivity contribution >= 4 is 22.8 Å². The summed E-state index contributed by atoms with van der Waals surface area (Å²) in [7, 11) is 0. The number of nitrogens with one attached hydrogen (secondary N) is 1. The number of hydrogen-bond donors (Lipinski definition) is 2. The summed E-state index contributed by atoms with van der Waals surface area (Å²) >= 11 is 0.857. The van der Waals surface area contributed by atoms with Gasteiger partial charge in [0.25, 0.3) is 11.8 Å². The van der Waals surface area contributed by atoms with Crippen molar-refractivity contribution in [3.8, 4) is 17.3 Å². The number of carbonyl (C=O) groups is 1. The molecule has 1 amide bonds. The molecule has 1 fully saturated rings. The first-order valence-corrected chi connectivity index (χ1v) is 9.50. The molecular formula is C18H16F2N6OS. The molecule has 0 saturated heterocycles. The van der Waals surface area contributed by atoms with Crippen LogP contribution in [0.2, 0.25) is 0 Å². The highest BCUT2D eigenvalue weighted by molar-refractivity contribution is 7.14. The summed E-state index contributed by atoms with van der Waals surface area (Å²) in [5, 5.41) is 15.9. The topological polar surface area (TPSA) is 109 Å². The van der Waals surface area contributed by atoms with E-state index in [0.29, 0.717) is 24.1 Å². The van der Waals surface area contributed by atoms with Crippen LogP contribution < -0.4 is 11.1 Å². The average molecular weight is 402 g/mol. The number of carbonyl (C=O) groups excluding carboxylic acids is 1. The zero-order valence-corrected chi connectivity index (χ0v) is 15.4. The maximum absolute atomic E-state index is 14.2. The number of nitrogens with two attached hydrogens (primary N) is 1. The van der Waals surface area contributed by atoms with Gasteiger partial charge in [-0.15, -0.1) is 0 Å². The quantitative estimate of drug-likeness (QED) is 0.700. The van der Waals surface area contributed by atoms with Crippen LogP contribution in [0, 0.1) is 11.3 Å². The molecule has 1 aliphatic carbocycles. The molecule has 2 atom stereocenters. The number of hydrogen-bond acceptors (Lipinski definition) is 6. The van der Waals surface area contributed by atoms with Gasteiger partial charge < -0.3 is 11.1 Å². The fraction of sp³-hybridized carbons (Fsp3) is 0.333. The Morgan fingerprint density at radius 2 is 2.29 bits per heavy atom. The number of fused-ring (bicyclic) bond motifs is 1. The third-order valence-corrected chi connectivity index (χ3v) is 5.78. The number of pyridine rings is 1. The summed E-state index contributed by atoms with van der Waals surface area (Å²) in [5.74, 6) is -3.83. The number of aromatic nitrogens is 3. The van der Waals surface area contributed by atoms with Crippen LogP contribution in [0.3, 0.4) is 0 Å².